The van der Waals surface area contributed by atoms with Gasteiger partial charge in [0, 0.05) is 11.4 Å². The van der Waals surface area contributed by atoms with Gasteiger partial charge >= 0.3 is 0 Å². The topological polar surface area (TPSA) is 35.8 Å². The van der Waals surface area contributed by atoms with E-state index < -0.39 is 0 Å². The molecule has 1 aromatic carbocycles. The summed E-state index contributed by atoms with van der Waals surface area (Å²) in [6.07, 6.45) is 0.839. The molecule has 0 fully saturated rings. The number of hydrogen-bond donors (Lipinski definition) is 1. The molecule has 3 heteroatoms. The minimum absolute atomic E-state index is 0.0997. The lowest BCUT2D eigenvalue weighted by atomic mass is 9.94. The molecule has 0 radical (unpaired) electrons. The number of nitriles is 1. The molecule has 1 N–H and O–H groups in total. The fourth-order valence-electron chi connectivity index (χ4n) is 2.09. The van der Waals surface area contributed by atoms with Gasteiger partial charge < -0.3 is 0 Å². The smallest absolute Gasteiger partial charge is 0.0961 e. The predicted molar refractivity (Wildman–Crippen MR) is 80.0 cm³/mol. The van der Waals surface area contributed by atoms with Gasteiger partial charge in [-0.2, -0.15) is 5.26 Å². The normalized spacial score (nSPS) is 13.7. The van der Waals surface area contributed by atoms with Crippen LogP contribution in [0, 0.1) is 11.3 Å². The Balaban J connectivity index is 1.87. The van der Waals surface area contributed by atoms with Gasteiger partial charge in [0.15, 0.2) is 0 Å². The summed E-state index contributed by atoms with van der Waals surface area (Å²) in [4.78, 5) is 1.27. The maximum absolute atomic E-state index is 9.24. The molecule has 1 aromatic heterocycles. The molecule has 0 aliphatic rings. The molecule has 0 aliphatic heterocycles. The highest BCUT2D eigenvalue weighted by Gasteiger charge is 2.13. The average molecular weight is 270 g/mol. The first-order valence-corrected chi connectivity index (χ1v) is 7.38. The fraction of sp³-hybridized carbons (Fsp3) is 0.312. The van der Waals surface area contributed by atoms with E-state index in [0.29, 0.717) is 5.92 Å². The van der Waals surface area contributed by atoms with E-state index in [-0.39, 0.29) is 6.04 Å². The second-order valence-electron chi connectivity index (χ2n) is 4.69. The van der Waals surface area contributed by atoms with E-state index >= 15 is 0 Å². The van der Waals surface area contributed by atoms with Crippen LogP contribution in [0.4, 0.5) is 0 Å². The van der Waals surface area contributed by atoms with Crippen molar-refractivity contribution in [1.29, 1.82) is 5.26 Å². The van der Waals surface area contributed by atoms with Crippen LogP contribution < -0.4 is 5.32 Å². The minimum atomic E-state index is -0.0997. The third-order valence-electron chi connectivity index (χ3n) is 3.22. The quantitative estimate of drug-likeness (QED) is 0.863. The van der Waals surface area contributed by atoms with Crippen molar-refractivity contribution in [3.8, 4) is 6.07 Å². The van der Waals surface area contributed by atoms with Crippen LogP contribution >= 0.6 is 11.3 Å². The molecule has 0 saturated heterocycles. The van der Waals surface area contributed by atoms with Crippen LogP contribution in [0.5, 0.6) is 0 Å². The van der Waals surface area contributed by atoms with Gasteiger partial charge in [0.05, 0.1) is 12.1 Å². The summed E-state index contributed by atoms with van der Waals surface area (Å²) in [5.41, 5.74) is 1.29. The molecule has 0 amide bonds. The summed E-state index contributed by atoms with van der Waals surface area (Å²) in [7, 11) is 0. The van der Waals surface area contributed by atoms with E-state index in [9.17, 15) is 5.26 Å². The highest BCUT2D eigenvalue weighted by atomic mass is 32.1. The summed E-state index contributed by atoms with van der Waals surface area (Å²) >= 11 is 1.72. The number of rotatable bonds is 6. The Bertz CT molecular complexity index is 513. The first-order valence-electron chi connectivity index (χ1n) is 6.50. The number of nitrogens with zero attached hydrogens (tertiary/aromatic N) is 1. The zero-order valence-electron chi connectivity index (χ0n) is 11.0. The summed E-state index contributed by atoms with van der Waals surface area (Å²) in [6.45, 7) is 2.95. The second kappa shape index (κ2) is 7.08. The first kappa shape index (κ1) is 13.8. The van der Waals surface area contributed by atoms with E-state index in [1.54, 1.807) is 11.3 Å². The van der Waals surface area contributed by atoms with Crippen molar-refractivity contribution in [3.63, 3.8) is 0 Å². The number of hydrogen-bond acceptors (Lipinski definition) is 3. The van der Waals surface area contributed by atoms with E-state index in [1.807, 2.05) is 24.3 Å². The van der Waals surface area contributed by atoms with Gasteiger partial charge in [0.2, 0.25) is 0 Å². The molecule has 2 rings (SSSR count). The first-order chi connectivity index (χ1) is 9.29. The second-order valence-corrected chi connectivity index (χ2v) is 5.72. The summed E-state index contributed by atoms with van der Waals surface area (Å²) in [6, 6.07) is 16.7. The molecule has 0 spiro atoms. The summed E-state index contributed by atoms with van der Waals surface area (Å²) in [5, 5.41) is 14.6. The molecule has 19 heavy (non-hydrogen) atoms. The van der Waals surface area contributed by atoms with Gasteiger partial charge in [-0.25, -0.2) is 0 Å². The highest BCUT2D eigenvalue weighted by molar-refractivity contribution is 7.09. The van der Waals surface area contributed by atoms with Crippen molar-refractivity contribution >= 4 is 11.3 Å². The van der Waals surface area contributed by atoms with E-state index in [2.05, 4.69) is 41.9 Å². The third-order valence-corrected chi connectivity index (χ3v) is 4.09. The molecule has 0 saturated carbocycles. The van der Waals surface area contributed by atoms with Gasteiger partial charge in [-0.1, -0.05) is 43.3 Å². The van der Waals surface area contributed by atoms with Crippen LogP contribution in [-0.2, 0) is 6.54 Å². The zero-order chi connectivity index (χ0) is 13.5. The fourth-order valence-corrected chi connectivity index (χ4v) is 2.75. The van der Waals surface area contributed by atoms with Gasteiger partial charge in [0.25, 0.3) is 0 Å². The van der Waals surface area contributed by atoms with Crippen molar-refractivity contribution in [2.75, 3.05) is 0 Å². The molecule has 2 nitrogen and oxygen atoms in total. The molecular weight excluding hydrogens is 252 g/mol. The monoisotopic (exact) mass is 270 g/mol. The van der Waals surface area contributed by atoms with Gasteiger partial charge in [-0.3, -0.25) is 5.32 Å². The third kappa shape index (κ3) is 4.20. The van der Waals surface area contributed by atoms with E-state index in [0.717, 1.165) is 13.0 Å². The molecular formula is C16H18N2S. The van der Waals surface area contributed by atoms with Crippen molar-refractivity contribution in [1.82, 2.24) is 5.32 Å². The molecule has 1 heterocycles. The Hall–Kier alpha value is -1.63. The number of benzene rings is 1. The Morgan fingerprint density at radius 2 is 2.00 bits per heavy atom. The Kier molecular flexibility index (Phi) is 5.14. The predicted octanol–water partition coefficient (Wildman–Crippen LogP) is 3.92. The lowest BCUT2D eigenvalue weighted by Crippen LogP contribution is -2.28. The van der Waals surface area contributed by atoms with Gasteiger partial charge in [-0.05, 0) is 29.3 Å². The Morgan fingerprint density at radius 3 is 2.63 bits per heavy atom. The van der Waals surface area contributed by atoms with Gasteiger partial charge in [0.1, 0.15) is 0 Å². The molecule has 2 unspecified atom stereocenters. The maximum Gasteiger partial charge on any atom is 0.0961 e. The minimum Gasteiger partial charge on any atom is -0.297 e. The lowest BCUT2D eigenvalue weighted by Gasteiger charge is -2.16. The molecule has 2 atom stereocenters. The lowest BCUT2D eigenvalue weighted by molar-refractivity contribution is 0.524. The molecule has 2 aromatic rings. The van der Waals surface area contributed by atoms with Crippen molar-refractivity contribution < 1.29 is 0 Å². The molecule has 98 valence electrons. The van der Waals surface area contributed by atoms with E-state index in [4.69, 9.17) is 0 Å². The SMILES string of the molecule is CC(CC(C#N)NCc1cccs1)c1ccccc1. The largest absolute Gasteiger partial charge is 0.297 e. The zero-order valence-corrected chi connectivity index (χ0v) is 11.9. The highest BCUT2D eigenvalue weighted by Crippen LogP contribution is 2.20. The van der Waals surface area contributed by atoms with Crippen LogP contribution in [0.25, 0.3) is 0 Å². The van der Waals surface area contributed by atoms with E-state index in [1.165, 1.54) is 10.4 Å². The Morgan fingerprint density at radius 1 is 1.21 bits per heavy atom. The molecule has 0 aliphatic carbocycles. The summed E-state index contributed by atoms with van der Waals surface area (Å²) in [5.74, 6) is 0.390. The Labute approximate surface area is 118 Å². The standard InChI is InChI=1S/C16H18N2S/c1-13(14-6-3-2-4-7-14)10-15(11-17)18-12-16-8-5-9-19-16/h2-9,13,15,18H,10,12H2,1H3. The summed E-state index contributed by atoms with van der Waals surface area (Å²) < 4.78 is 0. The van der Waals surface area contributed by atoms with Crippen LogP contribution in [-0.4, -0.2) is 6.04 Å². The van der Waals surface area contributed by atoms with Crippen molar-refractivity contribution in [2.45, 2.75) is 31.8 Å². The number of thiophene rings is 1. The number of nitrogens with one attached hydrogen (secondary N) is 1. The van der Waals surface area contributed by atoms with Crippen LogP contribution in [0.1, 0.15) is 29.7 Å². The van der Waals surface area contributed by atoms with Crippen molar-refractivity contribution in [3.05, 3.63) is 58.3 Å². The van der Waals surface area contributed by atoms with Crippen LogP contribution in [0.3, 0.4) is 0 Å². The van der Waals surface area contributed by atoms with Crippen LogP contribution in [0.2, 0.25) is 0 Å². The van der Waals surface area contributed by atoms with Crippen LogP contribution in [0.15, 0.2) is 47.8 Å². The molecule has 0 bridgehead atoms. The maximum atomic E-state index is 9.24. The van der Waals surface area contributed by atoms with Gasteiger partial charge in [-0.15, -0.1) is 11.3 Å². The van der Waals surface area contributed by atoms with Crippen molar-refractivity contribution in [2.24, 2.45) is 0 Å². The average Bonchev–Trinajstić information content (AvgIpc) is 2.97.